The van der Waals surface area contributed by atoms with Crippen molar-refractivity contribution in [1.82, 2.24) is 14.6 Å². The van der Waals surface area contributed by atoms with Crippen LogP contribution in [0.1, 0.15) is 43.4 Å². The molecule has 1 aliphatic carbocycles. The molecule has 1 aliphatic heterocycles. The molecule has 2 fully saturated rings. The third-order valence-corrected chi connectivity index (χ3v) is 8.60. The molecule has 0 unspecified atom stereocenters. The molecule has 1 aromatic carbocycles. The van der Waals surface area contributed by atoms with Gasteiger partial charge in [0, 0.05) is 30.1 Å². The van der Waals surface area contributed by atoms with Gasteiger partial charge in [0.15, 0.2) is 0 Å². The number of halogens is 6. The van der Waals surface area contributed by atoms with E-state index in [0.29, 0.717) is 5.69 Å². The number of carbonyl (C=O) groups is 1. The molecule has 0 spiro atoms. The summed E-state index contributed by atoms with van der Waals surface area (Å²) in [6.45, 7) is 0.921. The number of ether oxygens (including phenoxy) is 1. The number of pyridine rings is 1. The largest absolute Gasteiger partial charge is 0.522 e. The van der Waals surface area contributed by atoms with Crippen molar-refractivity contribution in [2.24, 2.45) is 0 Å². The van der Waals surface area contributed by atoms with Gasteiger partial charge in [0.2, 0.25) is 15.9 Å². The predicted octanol–water partition coefficient (Wildman–Crippen LogP) is 3.95. The molecule has 1 amide bonds. The van der Waals surface area contributed by atoms with E-state index in [-0.39, 0.29) is 35.8 Å². The molecule has 2 heterocycles. The maximum Gasteiger partial charge on any atom is 0.522 e. The summed E-state index contributed by atoms with van der Waals surface area (Å²) in [6, 6.07) is 2.58. The number of carbonyl (C=O) groups excluding carboxylic acids is 1. The summed E-state index contributed by atoms with van der Waals surface area (Å²) >= 11 is 0. The zero-order valence-corrected chi connectivity index (χ0v) is 20.2. The van der Waals surface area contributed by atoms with Crippen LogP contribution in [-0.2, 0) is 26.1 Å². The molecular formula is C23H23F6N3O4S. The lowest BCUT2D eigenvalue weighted by molar-refractivity contribution is -0.351. The second kappa shape index (κ2) is 10.2. The lowest BCUT2D eigenvalue weighted by Gasteiger charge is -2.35. The minimum atomic E-state index is -4.75. The Morgan fingerprint density at radius 2 is 1.81 bits per heavy atom. The van der Waals surface area contributed by atoms with Crippen molar-refractivity contribution < 1.29 is 44.3 Å². The summed E-state index contributed by atoms with van der Waals surface area (Å²) in [5, 5.41) is 2.41. The molecular weight excluding hydrogens is 528 g/mol. The number of nitrogens with one attached hydrogen (secondary N) is 1. The van der Waals surface area contributed by atoms with Gasteiger partial charge in [-0.1, -0.05) is 0 Å². The monoisotopic (exact) mass is 551 g/mol. The topological polar surface area (TPSA) is 88.6 Å². The predicted molar refractivity (Wildman–Crippen MR) is 117 cm³/mol. The van der Waals surface area contributed by atoms with Crippen LogP contribution < -0.4 is 5.32 Å². The highest BCUT2D eigenvalue weighted by Gasteiger charge is 2.49. The number of alkyl halides is 4. The standard InChI is InChI=1S/C23H23F6N3O4S/c1-12-18(25)9-21(32(12)37(34,35)17-4-2-15(24)3-5-17)22(33)31-10-14-8-20(30-11-19(14)26)13-6-16(7-13)36-23(27,28)29/h2-5,8,11-13,16,18,21H,6-7,9-10H2,1H3,(H,31,33)/t12-,13-,16+,18+,21-/m0/s1. The Balaban J connectivity index is 1.45. The van der Waals surface area contributed by atoms with E-state index in [9.17, 15) is 39.6 Å². The Bertz CT molecular complexity index is 1250. The molecule has 2 aromatic rings. The van der Waals surface area contributed by atoms with Crippen molar-refractivity contribution in [3.05, 3.63) is 59.4 Å². The summed E-state index contributed by atoms with van der Waals surface area (Å²) < 4.78 is 110. The molecule has 3 atom stereocenters. The molecule has 37 heavy (non-hydrogen) atoms. The number of hydrogen-bond acceptors (Lipinski definition) is 5. The normalized spacial score (nSPS) is 26.6. The SMILES string of the molecule is C[C@H]1[C@H](F)C[C@@H](C(=O)NCc2cc([C@H]3C[C@@H](OC(F)(F)F)C3)ncc2F)N1S(=O)(=O)c1ccc(F)cc1. The Hall–Kier alpha value is -2.71. The lowest BCUT2D eigenvalue weighted by atomic mass is 9.79. The molecule has 1 aromatic heterocycles. The zero-order valence-electron chi connectivity index (χ0n) is 19.4. The van der Waals surface area contributed by atoms with Crippen LogP contribution in [0.4, 0.5) is 26.3 Å². The zero-order chi connectivity index (χ0) is 27.1. The molecule has 202 valence electrons. The van der Waals surface area contributed by atoms with Crippen molar-refractivity contribution in [1.29, 1.82) is 0 Å². The number of sulfonamides is 1. The van der Waals surface area contributed by atoms with Gasteiger partial charge in [-0.2, -0.15) is 4.31 Å². The third-order valence-electron chi connectivity index (χ3n) is 6.59. The fraction of sp³-hybridized carbons (Fsp3) is 0.478. The minimum Gasteiger partial charge on any atom is -0.351 e. The van der Waals surface area contributed by atoms with Crippen molar-refractivity contribution in [3.8, 4) is 0 Å². The lowest BCUT2D eigenvalue weighted by Crippen LogP contribution is -2.48. The second-order valence-electron chi connectivity index (χ2n) is 9.07. The van der Waals surface area contributed by atoms with Crippen LogP contribution in [0.3, 0.4) is 0 Å². The van der Waals surface area contributed by atoms with Crippen LogP contribution in [0.25, 0.3) is 0 Å². The summed E-state index contributed by atoms with van der Waals surface area (Å²) in [4.78, 5) is 16.5. The van der Waals surface area contributed by atoms with E-state index in [2.05, 4.69) is 15.0 Å². The van der Waals surface area contributed by atoms with Gasteiger partial charge < -0.3 is 5.32 Å². The molecule has 0 bridgehead atoms. The average Bonchev–Trinajstić information content (AvgIpc) is 3.10. The molecule has 1 saturated carbocycles. The summed E-state index contributed by atoms with van der Waals surface area (Å²) in [7, 11) is -4.37. The van der Waals surface area contributed by atoms with E-state index in [0.717, 1.165) is 34.8 Å². The Kier molecular flexibility index (Phi) is 7.55. The first-order valence-corrected chi connectivity index (χ1v) is 12.8. The van der Waals surface area contributed by atoms with Gasteiger partial charge in [0.05, 0.1) is 23.2 Å². The Labute approximate surface area is 208 Å². The average molecular weight is 552 g/mol. The van der Waals surface area contributed by atoms with Gasteiger partial charge in [-0.15, -0.1) is 13.2 Å². The van der Waals surface area contributed by atoms with E-state index in [1.807, 2.05) is 0 Å². The number of rotatable bonds is 7. The Morgan fingerprint density at radius 1 is 1.16 bits per heavy atom. The first-order valence-electron chi connectivity index (χ1n) is 11.4. The molecule has 14 heteroatoms. The molecule has 1 N–H and O–H groups in total. The van der Waals surface area contributed by atoms with Crippen molar-refractivity contribution >= 4 is 15.9 Å². The highest BCUT2D eigenvalue weighted by atomic mass is 32.2. The number of amides is 1. The van der Waals surface area contributed by atoms with E-state index in [4.69, 9.17) is 0 Å². The highest BCUT2D eigenvalue weighted by molar-refractivity contribution is 7.89. The summed E-state index contributed by atoms with van der Waals surface area (Å²) in [6.07, 6.45) is -6.89. The van der Waals surface area contributed by atoms with Gasteiger partial charge in [-0.3, -0.25) is 14.5 Å². The molecule has 0 radical (unpaired) electrons. The van der Waals surface area contributed by atoms with Gasteiger partial charge in [0.1, 0.15) is 23.8 Å². The molecule has 7 nitrogen and oxygen atoms in total. The number of hydrogen-bond donors (Lipinski definition) is 1. The summed E-state index contributed by atoms with van der Waals surface area (Å²) in [5.41, 5.74) is 0.306. The third kappa shape index (κ3) is 5.91. The molecule has 1 saturated heterocycles. The summed E-state index contributed by atoms with van der Waals surface area (Å²) in [5.74, 6) is -2.71. The van der Waals surface area contributed by atoms with Gasteiger partial charge in [-0.25, -0.2) is 21.6 Å². The van der Waals surface area contributed by atoms with Crippen LogP contribution >= 0.6 is 0 Å². The first kappa shape index (κ1) is 27.3. The van der Waals surface area contributed by atoms with Gasteiger partial charge >= 0.3 is 6.36 Å². The Morgan fingerprint density at radius 3 is 2.43 bits per heavy atom. The number of aromatic nitrogens is 1. The fourth-order valence-corrected chi connectivity index (χ4v) is 6.35. The second-order valence-corrected chi connectivity index (χ2v) is 10.9. The molecule has 2 aliphatic rings. The van der Waals surface area contributed by atoms with Crippen LogP contribution in [0.15, 0.2) is 41.4 Å². The van der Waals surface area contributed by atoms with Crippen molar-refractivity contribution in [3.63, 3.8) is 0 Å². The maximum atomic E-state index is 14.5. The van der Waals surface area contributed by atoms with Crippen LogP contribution in [-0.4, -0.2) is 54.3 Å². The quantitative estimate of drug-likeness (QED) is 0.527. The van der Waals surface area contributed by atoms with Crippen LogP contribution in [0.5, 0.6) is 0 Å². The van der Waals surface area contributed by atoms with Crippen LogP contribution in [0.2, 0.25) is 0 Å². The van der Waals surface area contributed by atoms with Gasteiger partial charge in [0.25, 0.3) is 0 Å². The minimum absolute atomic E-state index is 0.0191. The van der Waals surface area contributed by atoms with Crippen LogP contribution in [0, 0.1) is 11.6 Å². The highest BCUT2D eigenvalue weighted by Crippen LogP contribution is 2.41. The maximum absolute atomic E-state index is 14.5. The number of nitrogens with zero attached hydrogens (tertiary/aromatic N) is 2. The van der Waals surface area contributed by atoms with Crippen molar-refractivity contribution in [2.75, 3.05) is 0 Å². The van der Waals surface area contributed by atoms with E-state index in [1.54, 1.807) is 0 Å². The fourth-order valence-electron chi connectivity index (χ4n) is 4.54. The van der Waals surface area contributed by atoms with E-state index >= 15 is 0 Å². The van der Waals surface area contributed by atoms with E-state index in [1.165, 1.54) is 13.0 Å². The van der Waals surface area contributed by atoms with E-state index < -0.39 is 64.7 Å². The number of benzene rings is 1. The molecule has 4 rings (SSSR count). The van der Waals surface area contributed by atoms with Gasteiger partial charge in [-0.05, 0) is 50.1 Å². The smallest absolute Gasteiger partial charge is 0.351 e. The van der Waals surface area contributed by atoms with Crippen molar-refractivity contribution in [2.45, 2.75) is 74.3 Å². The first-order chi connectivity index (χ1) is 17.3.